The van der Waals surface area contributed by atoms with Gasteiger partial charge in [-0.25, -0.2) is 4.79 Å². The normalized spacial score (nSPS) is 14.1. The van der Waals surface area contributed by atoms with Crippen LogP contribution in [-0.2, 0) is 33.6 Å². The summed E-state index contributed by atoms with van der Waals surface area (Å²) in [5, 5.41) is 33.9. The molecular formula is C21H35N5O10. The molecule has 0 aromatic rings. The van der Waals surface area contributed by atoms with Gasteiger partial charge in [-0.2, -0.15) is 0 Å². The summed E-state index contributed by atoms with van der Waals surface area (Å²) < 4.78 is 0. The summed E-state index contributed by atoms with van der Waals surface area (Å²) >= 11 is 0. The van der Waals surface area contributed by atoms with Crippen molar-refractivity contribution in [2.45, 2.75) is 83.0 Å². The minimum absolute atomic E-state index is 0.0669. The first-order valence-corrected chi connectivity index (χ1v) is 11.2. The van der Waals surface area contributed by atoms with Crippen LogP contribution in [0.5, 0.6) is 0 Å². The lowest BCUT2D eigenvalue weighted by atomic mass is 10.0. The van der Waals surface area contributed by atoms with Gasteiger partial charge in [-0.1, -0.05) is 13.8 Å². The van der Waals surface area contributed by atoms with Gasteiger partial charge in [0, 0.05) is 19.3 Å². The SMILES string of the molecule is CC(C)C[C@H](NC(=O)[C@H](CCC(=O)O)NC(=O)[C@@H](N)CCC(=O)O)C(=O)N[C@@H](CCC(N)=O)C(=O)O. The minimum atomic E-state index is -1.45. The van der Waals surface area contributed by atoms with Crippen LogP contribution in [0.2, 0.25) is 0 Å². The first-order chi connectivity index (χ1) is 16.6. The van der Waals surface area contributed by atoms with E-state index < -0.39 is 78.5 Å². The third kappa shape index (κ3) is 13.8. The van der Waals surface area contributed by atoms with Gasteiger partial charge in [0.2, 0.25) is 23.6 Å². The molecule has 0 radical (unpaired) electrons. The molecular weight excluding hydrogens is 482 g/mol. The number of hydrogen-bond donors (Lipinski definition) is 8. The Balaban J connectivity index is 5.56. The smallest absolute Gasteiger partial charge is 0.326 e. The maximum absolute atomic E-state index is 12.9. The molecule has 4 atom stereocenters. The van der Waals surface area contributed by atoms with E-state index in [9.17, 15) is 38.7 Å². The number of nitrogens with two attached hydrogens (primary N) is 2. The third-order valence-corrected chi connectivity index (χ3v) is 4.92. The number of primary amides is 1. The Morgan fingerprint density at radius 3 is 1.58 bits per heavy atom. The van der Waals surface area contributed by atoms with Gasteiger partial charge in [0.1, 0.15) is 18.1 Å². The number of rotatable bonds is 18. The zero-order valence-corrected chi connectivity index (χ0v) is 20.2. The lowest BCUT2D eigenvalue weighted by molar-refractivity contribution is -0.143. The summed E-state index contributed by atoms with van der Waals surface area (Å²) in [7, 11) is 0. The van der Waals surface area contributed by atoms with Crippen LogP contribution in [0.1, 0.15) is 58.8 Å². The molecule has 0 spiro atoms. The second kappa shape index (κ2) is 16.0. The highest BCUT2D eigenvalue weighted by Gasteiger charge is 2.31. The van der Waals surface area contributed by atoms with Crippen molar-refractivity contribution in [3.05, 3.63) is 0 Å². The maximum atomic E-state index is 12.9. The highest BCUT2D eigenvalue weighted by molar-refractivity contribution is 5.94. The molecule has 0 aliphatic carbocycles. The van der Waals surface area contributed by atoms with Crippen LogP contribution in [-0.4, -0.2) is 81.0 Å². The molecule has 0 saturated carbocycles. The van der Waals surface area contributed by atoms with Crippen LogP contribution >= 0.6 is 0 Å². The van der Waals surface area contributed by atoms with Crippen LogP contribution in [0.3, 0.4) is 0 Å². The molecule has 15 heteroatoms. The van der Waals surface area contributed by atoms with Crippen molar-refractivity contribution < 1.29 is 48.9 Å². The number of aliphatic carboxylic acids is 3. The third-order valence-electron chi connectivity index (χ3n) is 4.92. The van der Waals surface area contributed by atoms with Gasteiger partial charge in [-0.05, 0) is 31.6 Å². The Kier molecular flexibility index (Phi) is 14.4. The van der Waals surface area contributed by atoms with Gasteiger partial charge in [0.05, 0.1) is 6.04 Å². The molecule has 0 aromatic heterocycles. The summed E-state index contributed by atoms with van der Waals surface area (Å²) in [5.74, 6) is -7.43. The fraction of sp³-hybridized carbons (Fsp3) is 0.667. The molecule has 0 rings (SSSR count). The fourth-order valence-corrected chi connectivity index (χ4v) is 3.02. The van der Waals surface area contributed by atoms with E-state index in [-0.39, 0.29) is 38.0 Å². The van der Waals surface area contributed by atoms with Crippen molar-refractivity contribution in [2.24, 2.45) is 17.4 Å². The number of nitrogens with one attached hydrogen (secondary N) is 3. The molecule has 0 aliphatic heterocycles. The van der Waals surface area contributed by atoms with Crippen LogP contribution in [0.15, 0.2) is 0 Å². The van der Waals surface area contributed by atoms with E-state index in [0.717, 1.165) is 0 Å². The molecule has 4 amide bonds. The van der Waals surface area contributed by atoms with Crippen molar-refractivity contribution in [3.8, 4) is 0 Å². The summed E-state index contributed by atoms with van der Waals surface area (Å²) in [6, 6.07) is -5.40. The van der Waals surface area contributed by atoms with Gasteiger partial charge < -0.3 is 42.7 Å². The molecule has 0 bridgehead atoms. The standard InChI is InChI=1S/C21H35N5O10/c1-10(2)9-14(20(34)25-13(21(35)36)4-6-15(23)27)26-19(33)12(5-8-17(30)31)24-18(32)11(22)3-7-16(28)29/h10-14H,3-9,22H2,1-2H3,(H2,23,27)(H,24,32)(H,25,34)(H,26,33)(H,28,29)(H,30,31)(H,35,36)/t11-,12-,13-,14-/m0/s1. The van der Waals surface area contributed by atoms with Crippen molar-refractivity contribution in [3.63, 3.8) is 0 Å². The summed E-state index contributed by atoms with van der Waals surface area (Å²) in [5.41, 5.74) is 10.7. The van der Waals surface area contributed by atoms with E-state index in [1.54, 1.807) is 13.8 Å². The second-order valence-corrected chi connectivity index (χ2v) is 8.63. The van der Waals surface area contributed by atoms with E-state index in [4.69, 9.17) is 21.7 Å². The topological polar surface area (TPSA) is 268 Å². The zero-order valence-electron chi connectivity index (χ0n) is 20.2. The lowest BCUT2D eigenvalue weighted by Gasteiger charge is -2.26. The quantitative estimate of drug-likeness (QED) is 0.0974. The predicted octanol–water partition coefficient (Wildman–Crippen LogP) is -2.11. The van der Waals surface area contributed by atoms with Crippen LogP contribution < -0.4 is 27.4 Å². The highest BCUT2D eigenvalue weighted by atomic mass is 16.4. The Bertz CT molecular complexity index is 832. The van der Waals surface area contributed by atoms with Gasteiger partial charge in [-0.3, -0.25) is 28.8 Å². The van der Waals surface area contributed by atoms with Crippen molar-refractivity contribution in [2.75, 3.05) is 0 Å². The van der Waals surface area contributed by atoms with Crippen LogP contribution in [0.4, 0.5) is 0 Å². The van der Waals surface area contributed by atoms with E-state index in [1.807, 2.05) is 0 Å². The highest BCUT2D eigenvalue weighted by Crippen LogP contribution is 2.09. The molecule has 0 unspecified atom stereocenters. The summed E-state index contributed by atoms with van der Waals surface area (Å²) in [6.07, 6.45) is -2.01. The largest absolute Gasteiger partial charge is 0.481 e. The predicted molar refractivity (Wildman–Crippen MR) is 123 cm³/mol. The zero-order chi connectivity index (χ0) is 28.0. The number of carbonyl (C=O) groups excluding carboxylic acids is 4. The Morgan fingerprint density at radius 1 is 0.667 bits per heavy atom. The molecule has 0 saturated heterocycles. The molecule has 15 nitrogen and oxygen atoms in total. The second-order valence-electron chi connectivity index (χ2n) is 8.63. The van der Waals surface area contributed by atoms with E-state index in [2.05, 4.69) is 16.0 Å². The summed E-state index contributed by atoms with van der Waals surface area (Å²) in [4.78, 5) is 82.1. The van der Waals surface area contributed by atoms with E-state index in [0.29, 0.717) is 0 Å². The van der Waals surface area contributed by atoms with Crippen molar-refractivity contribution in [1.29, 1.82) is 0 Å². The Morgan fingerprint density at radius 2 is 1.11 bits per heavy atom. The van der Waals surface area contributed by atoms with Crippen molar-refractivity contribution in [1.82, 2.24) is 16.0 Å². The average Bonchev–Trinajstić information content (AvgIpc) is 2.75. The number of carboxylic acid groups (broad SMARTS) is 3. The first-order valence-electron chi connectivity index (χ1n) is 11.2. The first kappa shape index (κ1) is 32.2. The number of carboxylic acids is 3. The molecule has 36 heavy (non-hydrogen) atoms. The molecule has 204 valence electrons. The van der Waals surface area contributed by atoms with Crippen LogP contribution in [0.25, 0.3) is 0 Å². The monoisotopic (exact) mass is 517 g/mol. The summed E-state index contributed by atoms with van der Waals surface area (Å²) in [6.45, 7) is 3.47. The number of hydrogen-bond acceptors (Lipinski definition) is 8. The Labute approximate surface area is 207 Å². The molecule has 0 aromatic carbocycles. The van der Waals surface area contributed by atoms with Gasteiger partial charge in [-0.15, -0.1) is 0 Å². The van der Waals surface area contributed by atoms with Gasteiger partial charge in [0.15, 0.2) is 0 Å². The number of carbonyl (C=O) groups is 7. The van der Waals surface area contributed by atoms with Gasteiger partial charge in [0.25, 0.3) is 0 Å². The van der Waals surface area contributed by atoms with E-state index in [1.165, 1.54) is 0 Å². The molecule has 0 fully saturated rings. The van der Waals surface area contributed by atoms with E-state index >= 15 is 0 Å². The van der Waals surface area contributed by atoms with Crippen LogP contribution in [0, 0.1) is 5.92 Å². The van der Waals surface area contributed by atoms with Crippen molar-refractivity contribution >= 4 is 41.5 Å². The van der Waals surface area contributed by atoms with Gasteiger partial charge >= 0.3 is 17.9 Å². The molecule has 10 N–H and O–H groups in total. The molecule has 0 heterocycles. The Hall–Kier alpha value is -3.75. The molecule has 0 aliphatic rings. The lowest BCUT2D eigenvalue weighted by Crippen LogP contribution is -2.57. The minimum Gasteiger partial charge on any atom is -0.481 e. The number of amides is 4. The average molecular weight is 518 g/mol. The fourth-order valence-electron chi connectivity index (χ4n) is 3.02. The maximum Gasteiger partial charge on any atom is 0.326 e.